The van der Waals surface area contributed by atoms with Crippen LogP contribution in [0.5, 0.6) is 0 Å². The van der Waals surface area contributed by atoms with Crippen LogP contribution < -0.4 is 11.1 Å². The minimum Gasteiger partial charge on any atom is -0.352 e. The number of primary amides is 1. The average Bonchev–Trinajstić information content (AvgIpc) is 2.35. The molecule has 0 spiro atoms. The van der Waals surface area contributed by atoms with Crippen LogP contribution in [0.3, 0.4) is 0 Å². The lowest BCUT2D eigenvalue weighted by atomic mass is 9.69. The fourth-order valence-electron chi connectivity index (χ4n) is 3.59. The molecule has 3 nitrogen and oxygen atoms in total. The third-order valence-electron chi connectivity index (χ3n) is 5.11. The number of rotatable bonds is 1. The highest BCUT2D eigenvalue weighted by atomic mass is 16.2. The minimum atomic E-state index is -0.375. The molecule has 2 aliphatic rings. The van der Waals surface area contributed by atoms with E-state index in [1.165, 1.54) is 12.8 Å². The molecule has 3 atom stereocenters. The molecule has 2 bridgehead atoms. The molecule has 0 unspecified atom stereocenters. The van der Waals surface area contributed by atoms with Gasteiger partial charge in [-0.25, -0.2) is 4.79 Å². The zero-order valence-corrected chi connectivity index (χ0v) is 9.26. The number of nitrogens with two attached hydrogens (primary N) is 1. The van der Waals surface area contributed by atoms with Crippen LogP contribution in [0.2, 0.25) is 0 Å². The van der Waals surface area contributed by atoms with Crippen LogP contribution >= 0.6 is 0 Å². The van der Waals surface area contributed by atoms with Crippen LogP contribution in [0.1, 0.15) is 40.0 Å². The van der Waals surface area contributed by atoms with Gasteiger partial charge in [0, 0.05) is 6.04 Å². The molecule has 2 rings (SSSR count). The SMILES string of the molecule is CC1(C)[C@H]2CC[C@@]1(C)[C@H](NC(N)=O)C2. The normalized spacial score (nSPS) is 43.9. The van der Waals surface area contributed by atoms with Gasteiger partial charge in [0.2, 0.25) is 0 Å². The molecule has 2 fully saturated rings. The first-order valence-electron chi connectivity index (χ1n) is 5.44. The summed E-state index contributed by atoms with van der Waals surface area (Å²) in [4.78, 5) is 10.9. The summed E-state index contributed by atoms with van der Waals surface area (Å²) in [5, 5.41) is 2.91. The summed E-state index contributed by atoms with van der Waals surface area (Å²) in [6.07, 6.45) is 3.63. The number of carbonyl (C=O) groups excluding carboxylic acids is 1. The molecule has 2 aliphatic carbocycles. The third kappa shape index (κ3) is 1.01. The van der Waals surface area contributed by atoms with E-state index in [0.717, 1.165) is 12.3 Å². The van der Waals surface area contributed by atoms with Crippen molar-refractivity contribution in [3.8, 4) is 0 Å². The second-order valence-electron chi connectivity index (χ2n) is 5.67. The number of hydrogen-bond donors (Lipinski definition) is 2. The monoisotopic (exact) mass is 196 g/mol. The molecule has 0 saturated heterocycles. The van der Waals surface area contributed by atoms with Gasteiger partial charge in [0.15, 0.2) is 0 Å². The Morgan fingerprint density at radius 3 is 2.43 bits per heavy atom. The van der Waals surface area contributed by atoms with Crippen molar-refractivity contribution >= 4 is 6.03 Å². The summed E-state index contributed by atoms with van der Waals surface area (Å²) in [6.45, 7) is 6.95. The van der Waals surface area contributed by atoms with Gasteiger partial charge < -0.3 is 11.1 Å². The van der Waals surface area contributed by atoms with E-state index in [4.69, 9.17) is 5.73 Å². The lowest BCUT2D eigenvalue weighted by Crippen LogP contribution is -2.48. The summed E-state index contributed by atoms with van der Waals surface area (Å²) in [5.74, 6) is 0.754. The van der Waals surface area contributed by atoms with Crippen molar-refractivity contribution in [1.29, 1.82) is 0 Å². The van der Waals surface area contributed by atoms with Gasteiger partial charge in [0.1, 0.15) is 0 Å². The molecule has 3 heteroatoms. The van der Waals surface area contributed by atoms with Crippen molar-refractivity contribution in [2.24, 2.45) is 22.5 Å². The molecular formula is C11H20N2O. The lowest BCUT2D eigenvalue weighted by Gasteiger charge is -2.39. The van der Waals surface area contributed by atoms with Crippen LogP contribution in [0, 0.1) is 16.7 Å². The van der Waals surface area contributed by atoms with Crippen molar-refractivity contribution < 1.29 is 4.79 Å². The van der Waals surface area contributed by atoms with Crippen molar-refractivity contribution in [2.45, 2.75) is 46.1 Å². The van der Waals surface area contributed by atoms with Crippen LogP contribution in [0.4, 0.5) is 4.79 Å². The largest absolute Gasteiger partial charge is 0.352 e. The van der Waals surface area contributed by atoms with Crippen LogP contribution in [-0.2, 0) is 0 Å². The van der Waals surface area contributed by atoms with E-state index in [0.29, 0.717) is 5.41 Å². The van der Waals surface area contributed by atoms with Crippen molar-refractivity contribution in [3.05, 3.63) is 0 Å². The Hall–Kier alpha value is -0.730. The molecule has 3 N–H and O–H groups in total. The highest BCUT2D eigenvalue weighted by Crippen LogP contribution is 2.65. The number of amides is 2. The average molecular weight is 196 g/mol. The van der Waals surface area contributed by atoms with E-state index in [1.807, 2.05) is 0 Å². The molecule has 2 saturated carbocycles. The molecule has 80 valence electrons. The Balaban J connectivity index is 2.23. The Bertz CT molecular complexity index is 274. The van der Waals surface area contributed by atoms with E-state index in [1.54, 1.807) is 0 Å². The predicted octanol–water partition coefficient (Wildman–Crippen LogP) is 1.87. The minimum absolute atomic E-state index is 0.243. The van der Waals surface area contributed by atoms with Gasteiger partial charge in [0.25, 0.3) is 0 Å². The molecule has 0 heterocycles. The quantitative estimate of drug-likeness (QED) is 0.661. The molecule has 0 aromatic carbocycles. The molecule has 14 heavy (non-hydrogen) atoms. The van der Waals surface area contributed by atoms with Crippen molar-refractivity contribution in [2.75, 3.05) is 0 Å². The topological polar surface area (TPSA) is 55.1 Å². The molecule has 2 amide bonds. The molecular weight excluding hydrogens is 176 g/mol. The Morgan fingerprint density at radius 1 is 1.43 bits per heavy atom. The molecule has 0 aromatic heterocycles. The van der Waals surface area contributed by atoms with Gasteiger partial charge in [-0.05, 0) is 36.0 Å². The zero-order valence-electron chi connectivity index (χ0n) is 9.26. The van der Waals surface area contributed by atoms with E-state index in [2.05, 4.69) is 26.1 Å². The first kappa shape index (κ1) is 9.81. The zero-order chi connectivity index (χ0) is 10.6. The lowest BCUT2D eigenvalue weighted by molar-refractivity contribution is 0.124. The van der Waals surface area contributed by atoms with Gasteiger partial charge in [-0.1, -0.05) is 20.8 Å². The van der Waals surface area contributed by atoms with Gasteiger partial charge in [-0.15, -0.1) is 0 Å². The summed E-state index contributed by atoms with van der Waals surface area (Å²) in [5.41, 5.74) is 5.79. The van der Waals surface area contributed by atoms with Crippen molar-refractivity contribution in [1.82, 2.24) is 5.32 Å². The van der Waals surface area contributed by atoms with E-state index in [9.17, 15) is 4.79 Å². The predicted molar refractivity (Wildman–Crippen MR) is 55.7 cm³/mol. The maximum absolute atomic E-state index is 10.9. The Labute approximate surface area is 85.4 Å². The van der Waals surface area contributed by atoms with Crippen LogP contribution in [-0.4, -0.2) is 12.1 Å². The molecule has 0 aliphatic heterocycles. The summed E-state index contributed by atoms with van der Waals surface area (Å²) < 4.78 is 0. The summed E-state index contributed by atoms with van der Waals surface area (Å²) in [6, 6.07) is -0.0895. The maximum Gasteiger partial charge on any atom is 0.312 e. The fourth-order valence-corrected chi connectivity index (χ4v) is 3.59. The van der Waals surface area contributed by atoms with E-state index < -0.39 is 0 Å². The molecule has 0 radical (unpaired) electrons. The summed E-state index contributed by atoms with van der Waals surface area (Å²) >= 11 is 0. The third-order valence-corrected chi connectivity index (χ3v) is 5.11. The van der Waals surface area contributed by atoms with Gasteiger partial charge >= 0.3 is 6.03 Å². The smallest absolute Gasteiger partial charge is 0.312 e. The number of carbonyl (C=O) groups is 1. The highest BCUT2D eigenvalue weighted by Gasteiger charge is 2.61. The van der Waals surface area contributed by atoms with Gasteiger partial charge in [-0.3, -0.25) is 0 Å². The maximum atomic E-state index is 10.9. The second-order valence-corrected chi connectivity index (χ2v) is 5.67. The standard InChI is InChI=1S/C11H20N2O/c1-10(2)7-4-5-11(10,3)8(6-7)13-9(12)14/h7-8H,4-6H2,1-3H3,(H3,12,13,14)/t7-,8+,11-/m0/s1. The number of fused-ring (bicyclic) bond motifs is 2. The Morgan fingerprint density at radius 2 is 2.07 bits per heavy atom. The summed E-state index contributed by atoms with van der Waals surface area (Å²) in [7, 11) is 0. The van der Waals surface area contributed by atoms with Crippen LogP contribution in [0.15, 0.2) is 0 Å². The van der Waals surface area contributed by atoms with E-state index >= 15 is 0 Å². The second kappa shape index (κ2) is 2.65. The first-order chi connectivity index (χ1) is 6.38. The van der Waals surface area contributed by atoms with Crippen molar-refractivity contribution in [3.63, 3.8) is 0 Å². The highest BCUT2D eigenvalue weighted by molar-refractivity contribution is 5.72. The van der Waals surface area contributed by atoms with Crippen LogP contribution in [0.25, 0.3) is 0 Å². The molecule has 0 aromatic rings. The first-order valence-corrected chi connectivity index (χ1v) is 5.44. The Kier molecular flexibility index (Phi) is 1.85. The number of nitrogens with one attached hydrogen (secondary N) is 1. The fraction of sp³-hybridized carbons (Fsp3) is 0.909. The van der Waals surface area contributed by atoms with Gasteiger partial charge in [0.05, 0.1) is 0 Å². The number of hydrogen-bond acceptors (Lipinski definition) is 1. The van der Waals surface area contributed by atoms with E-state index in [-0.39, 0.29) is 17.5 Å². The van der Waals surface area contributed by atoms with Gasteiger partial charge in [-0.2, -0.15) is 0 Å². The number of urea groups is 1.